The number of aromatic nitrogens is 1. The molecule has 0 unspecified atom stereocenters. The summed E-state index contributed by atoms with van der Waals surface area (Å²) in [6.07, 6.45) is 1.64. The minimum absolute atomic E-state index is 0.208. The van der Waals surface area contributed by atoms with Gasteiger partial charge in [-0.2, -0.15) is 0 Å². The second kappa shape index (κ2) is 2.96. The number of nitrogens with one attached hydrogen (secondary N) is 1. The van der Waals surface area contributed by atoms with Gasteiger partial charge in [0.2, 0.25) is 0 Å². The van der Waals surface area contributed by atoms with Gasteiger partial charge in [0.1, 0.15) is 5.69 Å². The van der Waals surface area contributed by atoms with Gasteiger partial charge in [0, 0.05) is 17.7 Å². The molecular weight excluding hydrogens is 212 g/mol. The quantitative estimate of drug-likeness (QED) is 0.783. The number of hydrogen-bond acceptors (Lipinski definition) is 2. The molecule has 0 saturated heterocycles. The Balaban J connectivity index is 3.12. The van der Waals surface area contributed by atoms with Gasteiger partial charge in [0.05, 0.1) is 0 Å². The molecule has 5 heteroatoms. The number of nitrogens with zero attached hydrogens (tertiary/aromatic N) is 1. The molecule has 0 aliphatic carbocycles. The molecule has 1 heterocycles. The number of rotatable bonds is 2. The Morgan fingerprint density at radius 1 is 1.82 bits per heavy atom. The lowest BCUT2D eigenvalue weighted by atomic mass is 10.4. The maximum absolute atomic E-state index is 10.5. The Kier molecular flexibility index (Phi) is 2.19. The van der Waals surface area contributed by atoms with E-state index in [1.165, 1.54) is 10.7 Å². The van der Waals surface area contributed by atoms with Crippen molar-refractivity contribution in [2.24, 2.45) is 0 Å². The summed E-state index contributed by atoms with van der Waals surface area (Å²) in [5.41, 5.74) is 2.91. The molecule has 1 aromatic rings. The van der Waals surface area contributed by atoms with Crippen LogP contribution in [0, 0.1) is 0 Å². The van der Waals surface area contributed by atoms with Gasteiger partial charge < -0.3 is 10.5 Å². The standard InChI is InChI=1S/C6H7BrN2O2/c1-8-9-3-4(7)2-5(9)6(10)11/h2-3,8H,1H3,(H,10,11). The van der Waals surface area contributed by atoms with Gasteiger partial charge in [-0.1, -0.05) is 0 Å². The average molecular weight is 219 g/mol. The number of halogens is 1. The van der Waals surface area contributed by atoms with Crippen molar-refractivity contribution >= 4 is 21.9 Å². The van der Waals surface area contributed by atoms with Crippen LogP contribution in [0.25, 0.3) is 0 Å². The zero-order valence-corrected chi connectivity index (χ0v) is 7.42. The van der Waals surface area contributed by atoms with Gasteiger partial charge in [0.15, 0.2) is 0 Å². The normalized spacial score (nSPS) is 9.64. The third kappa shape index (κ3) is 1.54. The highest BCUT2D eigenvalue weighted by atomic mass is 79.9. The van der Waals surface area contributed by atoms with Crippen LogP contribution < -0.4 is 5.43 Å². The largest absolute Gasteiger partial charge is 0.477 e. The third-order valence-electron chi connectivity index (χ3n) is 1.25. The van der Waals surface area contributed by atoms with E-state index in [1.807, 2.05) is 0 Å². The first-order chi connectivity index (χ1) is 5.15. The molecule has 11 heavy (non-hydrogen) atoms. The Morgan fingerprint density at radius 2 is 2.45 bits per heavy atom. The van der Waals surface area contributed by atoms with E-state index < -0.39 is 5.97 Å². The molecule has 0 atom stereocenters. The van der Waals surface area contributed by atoms with Gasteiger partial charge >= 0.3 is 5.97 Å². The maximum atomic E-state index is 10.5. The van der Waals surface area contributed by atoms with Crippen LogP contribution in [0.3, 0.4) is 0 Å². The first kappa shape index (κ1) is 8.13. The summed E-state index contributed by atoms with van der Waals surface area (Å²) in [4.78, 5) is 10.5. The summed E-state index contributed by atoms with van der Waals surface area (Å²) >= 11 is 3.17. The van der Waals surface area contributed by atoms with Gasteiger partial charge in [-0.15, -0.1) is 0 Å². The van der Waals surface area contributed by atoms with Crippen LogP contribution in [0.2, 0.25) is 0 Å². The van der Waals surface area contributed by atoms with Crippen molar-refractivity contribution in [2.45, 2.75) is 0 Å². The molecule has 0 aliphatic rings. The highest BCUT2D eigenvalue weighted by Gasteiger charge is 2.09. The van der Waals surface area contributed by atoms with Crippen LogP contribution in [0.15, 0.2) is 16.7 Å². The Bertz CT molecular complexity index is 282. The molecule has 0 amide bonds. The molecule has 0 saturated carbocycles. The molecule has 1 rings (SSSR count). The fourth-order valence-corrected chi connectivity index (χ4v) is 1.20. The predicted molar refractivity (Wildman–Crippen MR) is 44.4 cm³/mol. The zero-order valence-electron chi connectivity index (χ0n) is 5.84. The van der Waals surface area contributed by atoms with E-state index in [9.17, 15) is 4.79 Å². The van der Waals surface area contributed by atoms with E-state index >= 15 is 0 Å². The van der Waals surface area contributed by atoms with Crippen molar-refractivity contribution < 1.29 is 9.90 Å². The topological polar surface area (TPSA) is 54.3 Å². The second-order valence-electron chi connectivity index (χ2n) is 1.94. The van der Waals surface area contributed by atoms with Crippen molar-refractivity contribution in [2.75, 3.05) is 12.5 Å². The molecule has 0 aromatic carbocycles. The highest BCUT2D eigenvalue weighted by molar-refractivity contribution is 9.10. The molecule has 0 aliphatic heterocycles. The number of aromatic carboxylic acids is 1. The van der Waals surface area contributed by atoms with Crippen molar-refractivity contribution in [3.05, 3.63) is 22.4 Å². The summed E-state index contributed by atoms with van der Waals surface area (Å²) in [7, 11) is 1.65. The second-order valence-corrected chi connectivity index (χ2v) is 2.86. The third-order valence-corrected chi connectivity index (χ3v) is 1.68. The van der Waals surface area contributed by atoms with E-state index in [4.69, 9.17) is 5.11 Å². The van der Waals surface area contributed by atoms with Crippen LogP contribution in [-0.4, -0.2) is 22.8 Å². The maximum Gasteiger partial charge on any atom is 0.354 e. The summed E-state index contributed by atoms with van der Waals surface area (Å²) in [6.45, 7) is 0. The average Bonchev–Trinajstić information content (AvgIpc) is 2.30. The van der Waals surface area contributed by atoms with E-state index in [-0.39, 0.29) is 5.69 Å². The molecule has 0 bridgehead atoms. The summed E-state index contributed by atoms with van der Waals surface area (Å²) in [6, 6.07) is 1.53. The SMILES string of the molecule is CNn1cc(Br)cc1C(=O)O. The van der Waals surface area contributed by atoms with Crippen LogP contribution in [-0.2, 0) is 0 Å². The molecule has 60 valence electrons. The fourth-order valence-electron chi connectivity index (χ4n) is 0.780. The number of hydrogen-bond donors (Lipinski definition) is 2. The lowest BCUT2D eigenvalue weighted by Gasteiger charge is -2.01. The Morgan fingerprint density at radius 3 is 2.82 bits per heavy atom. The molecule has 2 N–H and O–H groups in total. The summed E-state index contributed by atoms with van der Waals surface area (Å²) in [5, 5.41) is 8.63. The van der Waals surface area contributed by atoms with E-state index in [0.717, 1.165) is 4.47 Å². The van der Waals surface area contributed by atoms with Gasteiger partial charge in [-0.3, -0.25) is 4.68 Å². The minimum atomic E-state index is -0.954. The Labute approximate surface area is 71.9 Å². The summed E-state index contributed by atoms with van der Waals surface area (Å²) < 4.78 is 2.16. The highest BCUT2D eigenvalue weighted by Crippen LogP contribution is 2.13. The molecular formula is C6H7BrN2O2. The van der Waals surface area contributed by atoms with Crippen LogP contribution in [0.5, 0.6) is 0 Å². The number of carboxylic acid groups (broad SMARTS) is 1. The number of carboxylic acids is 1. The van der Waals surface area contributed by atoms with E-state index in [0.29, 0.717) is 0 Å². The molecule has 1 aromatic heterocycles. The monoisotopic (exact) mass is 218 g/mol. The molecule has 0 fully saturated rings. The fraction of sp³-hybridized carbons (Fsp3) is 0.167. The Hall–Kier alpha value is -0.970. The lowest BCUT2D eigenvalue weighted by Crippen LogP contribution is -2.14. The van der Waals surface area contributed by atoms with Crippen LogP contribution in [0.4, 0.5) is 0 Å². The lowest BCUT2D eigenvalue weighted by molar-refractivity contribution is 0.0687. The van der Waals surface area contributed by atoms with Crippen molar-refractivity contribution in [3.8, 4) is 0 Å². The summed E-state index contributed by atoms with van der Waals surface area (Å²) in [5.74, 6) is -0.954. The van der Waals surface area contributed by atoms with Crippen molar-refractivity contribution in [1.29, 1.82) is 0 Å². The van der Waals surface area contributed by atoms with Crippen LogP contribution >= 0.6 is 15.9 Å². The first-order valence-electron chi connectivity index (χ1n) is 2.94. The zero-order chi connectivity index (χ0) is 8.43. The minimum Gasteiger partial charge on any atom is -0.477 e. The predicted octanol–water partition coefficient (Wildman–Crippen LogP) is 1.12. The number of carbonyl (C=O) groups is 1. The van der Waals surface area contributed by atoms with Gasteiger partial charge in [-0.05, 0) is 22.0 Å². The van der Waals surface area contributed by atoms with Crippen LogP contribution in [0.1, 0.15) is 10.5 Å². The molecule has 4 nitrogen and oxygen atoms in total. The molecule has 0 spiro atoms. The van der Waals surface area contributed by atoms with Gasteiger partial charge in [-0.25, -0.2) is 4.79 Å². The van der Waals surface area contributed by atoms with Crippen molar-refractivity contribution in [3.63, 3.8) is 0 Å². The van der Waals surface area contributed by atoms with Crippen molar-refractivity contribution in [1.82, 2.24) is 4.68 Å². The van der Waals surface area contributed by atoms with Gasteiger partial charge in [0.25, 0.3) is 0 Å². The smallest absolute Gasteiger partial charge is 0.354 e. The van der Waals surface area contributed by atoms with E-state index in [1.54, 1.807) is 13.2 Å². The molecule has 0 radical (unpaired) electrons. The first-order valence-corrected chi connectivity index (χ1v) is 3.73. The van der Waals surface area contributed by atoms with E-state index in [2.05, 4.69) is 21.4 Å².